The second kappa shape index (κ2) is 9.85. The molecule has 0 bridgehead atoms. The largest absolute Gasteiger partial charge is 0.438 e. The van der Waals surface area contributed by atoms with Crippen LogP contribution in [0.5, 0.6) is 11.6 Å². The summed E-state index contributed by atoms with van der Waals surface area (Å²) in [5.41, 5.74) is 7.76. The number of ether oxygens (including phenoxy) is 1. The van der Waals surface area contributed by atoms with Crippen LogP contribution in [0.1, 0.15) is 37.3 Å². The summed E-state index contributed by atoms with van der Waals surface area (Å²) >= 11 is 0. The van der Waals surface area contributed by atoms with E-state index in [4.69, 9.17) is 10.5 Å². The fraction of sp³-hybridized carbons (Fsp3) is 0.364. The van der Waals surface area contributed by atoms with Gasteiger partial charge in [-0.3, -0.25) is 0 Å². The fourth-order valence-electron chi connectivity index (χ4n) is 3.26. The number of aryl methyl sites for hydroxylation is 1. The summed E-state index contributed by atoms with van der Waals surface area (Å²) in [6.45, 7) is 8.16. The number of hydrogen-bond donors (Lipinski definition) is 1. The van der Waals surface area contributed by atoms with E-state index in [1.165, 1.54) is 12.8 Å². The molecule has 8 nitrogen and oxygen atoms in total. The Morgan fingerprint density at radius 2 is 2.13 bits per heavy atom. The average molecular weight is 406 g/mol. The van der Waals surface area contributed by atoms with Crippen molar-refractivity contribution in [1.82, 2.24) is 9.78 Å². The Kier molecular flexibility index (Phi) is 6.99. The average Bonchev–Trinajstić information content (AvgIpc) is 3.40. The standard InChI is InChI=1S/C22H27N7O/c1-16(8-9-23)15-26-22(25-2)18-7-6-17(14-24)12-19(18)30-21-13-20(27-28(21)3)29-10-4-5-11-29/h6-7,12-13,15H,2,4-5,8-11,23H2,1,3H3/b16-15+,26-22?. The first-order valence-corrected chi connectivity index (χ1v) is 9.97. The molecule has 0 saturated carbocycles. The molecule has 0 amide bonds. The van der Waals surface area contributed by atoms with E-state index in [-0.39, 0.29) is 0 Å². The van der Waals surface area contributed by atoms with Crippen molar-refractivity contribution >= 4 is 18.4 Å². The number of hydrogen-bond acceptors (Lipinski definition) is 6. The van der Waals surface area contributed by atoms with Crippen LogP contribution in [0.25, 0.3) is 0 Å². The molecule has 3 rings (SSSR count). The lowest BCUT2D eigenvalue weighted by atomic mass is 10.1. The first-order chi connectivity index (χ1) is 14.5. The maximum atomic E-state index is 9.34. The number of rotatable bonds is 7. The summed E-state index contributed by atoms with van der Waals surface area (Å²) in [4.78, 5) is 10.8. The highest BCUT2D eigenvalue weighted by Crippen LogP contribution is 2.30. The highest BCUT2D eigenvalue weighted by atomic mass is 16.5. The van der Waals surface area contributed by atoms with Crippen molar-refractivity contribution in [3.05, 3.63) is 47.2 Å². The van der Waals surface area contributed by atoms with Crippen LogP contribution in [0.15, 0.2) is 46.0 Å². The second-order valence-corrected chi connectivity index (χ2v) is 7.21. The number of aromatic nitrogens is 2. The molecule has 1 aromatic heterocycles. The van der Waals surface area contributed by atoms with Gasteiger partial charge in [-0.2, -0.15) is 10.4 Å². The zero-order chi connectivity index (χ0) is 21.5. The number of benzene rings is 1. The lowest BCUT2D eigenvalue weighted by molar-refractivity contribution is 0.430. The van der Waals surface area contributed by atoms with Crippen LogP contribution in [0, 0.1) is 11.3 Å². The van der Waals surface area contributed by atoms with Crippen LogP contribution in [0.2, 0.25) is 0 Å². The molecule has 0 radical (unpaired) electrons. The second-order valence-electron chi connectivity index (χ2n) is 7.21. The fourth-order valence-corrected chi connectivity index (χ4v) is 3.26. The first-order valence-electron chi connectivity index (χ1n) is 9.97. The topological polar surface area (TPSA) is 105 Å². The molecule has 1 aliphatic heterocycles. The number of nitriles is 1. The molecule has 156 valence electrons. The summed E-state index contributed by atoms with van der Waals surface area (Å²) in [5.74, 6) is 2.35. The molecule has 1 aliphatic rings. The molecule has 2 N–H and O–H groups in total. The van der Waals surface area contributed by atoms with Gasteiger partial charge in [0.2, 0.25) is 5.88 Å². The summed E-state index contributed by atoms with van der Waals surface area (Å²) in [6, 6.07) is 9.21. The first kappa shape index (κ1) is 21.3. The van der Waals surface area contributed by atoms with E-state index in [9.17, 15) is 5.26 Å². The molecule has 2 heterocycles. The van der Waals surface area contributed by atoms with E-state index in [0.29, 0.717) is 35.1 Å². The van der Waals surface area contributed by atoms with E-state index in [2.05, 4.69) is 32.8 Å². The Morgan fingerprint density at radius 3 is 2.80 bits per heavy atom. The third-order valence-electron chi connectivity index (χ3n) is 4.92. The quantitative estimate of drug-likeness (QED) is 0.561. The van der Waals surface area contributed by atoms with Gasteiger partial charge < -0.3 is 15.4 Å². The summed E-state index contributed by atoms with van der Waals surface area (Å²) in [7, 11) is 1.84. The summed E-state index contributed by atoms with van der Waals surface area (Å²) in [6.07, 6.45) is 4.82. The lowest BCUT2D eigenvalue weighted by Gasteiger charge is -2.12. The van der Waals surface area contributed by atoms with E-state index in [1.54, 1.807) is 29.1 Å². The molecule has 0 spiro atoms. The van der Waals surface area contributed by atoms with Crippen molar-refractivity contribution in [3.8, 4) is 17.7 Å². The molecular weight excluding hydrogens is 378 g/mol. The Labute approximate surface area is 177 Å². The van der Waals surface area contributed by atoms with Gasteiger partial charge in [-0.1, -0.05) is 5.57 Å². The molecule has 2 aromatic rings. The number of amidine groups is 1. The Bertz CT molecular complexity index is 1010. The number of nitrogens with zero attached hydrogens (tertiary/aromatic N) is 6. The normalized spacial score (nSPS) is 14.7. The monoisotopic (exact) mass is 405 g/mol. The maximum absolute atomic E-state index is 9.34. The molecule has 0 atom stereocenters. The zero-order valence-corrected chi connectivity index (χ0v) is 17.5. The minimum absolute atomic E-state index is 0.410. The van der Waals surface area contributed by atoms with Gasteiger partial charge in [0.05, 0.1) is 17.2 Å². The molecule has 1 fully saturated rings. The van der Waals surface area contributed by atoms with Crippen molar-refractivity contribution in [2.45, 2.75) is 26.2 Å². The molecule has 30 heavy (non-hydrogen) atoms. The van der Waals surface area contributed by atoms with Gasteiger partial charge in [-0.25, -0.2) is 14.7 Å². The van der Waals surface area contributed by atoms with Gasteiger partial charge in [0.25, 0.3) is 0 Å². The summed E-state index contributed by atoms with van der Waals surface area (Å²) in [5, 5.41) is 13.9. The van der Waals surface area contributed by atoms with Crippen LogP contribution in [-0.4, -0.2) is 42.0 Å². The Morgan fingerprint density at radius 1 is 1.37 bits per heavy atom. The smallest absolute Gasteiger partial charge is 0.219 e. The van der Waals surface area contributed by atoms with Gasteiger partial charge in [0.15, 0.2) is 11.7 Å². The highest BCUT2D eigenvalue weighted by molar-refractivity contribution is 6.04. The minimum Gasteiger partial charge on any atom is -0.438 e. The predicted octanol–water partition coefficient (Wildman–Crippen LogP) is 3.38. The van der Waals surface area contributed by atoms with E-state index in [0.717, 1.165) is 30.9 Å². The molecule has 1 saturated heterocycles. The molecular formula is C22H27N7O. The van der Waals surface area contributed by atoms with Crippen molar-refractivity contribution in [2.24, 2.45) is 22.8 Å². The third-order valence-corrected chi connectivity index (χ3v) is 4.92. The van der Waals surface area contributed by atoms with Crippen molar-refractivity contribution in [3.63, 3.8) is 0 Å². The predicted molar refractivity (Wildman–Crippen MR) is 119 cm³/mol. The number of anilines is 1. The van der Waals surface area contributed by atoms with E-state index in [1.807, 2.05) is 20.0 Å². The van der Waals surface area contributed by atoms with E-state index < -0.39 is 0 Å². The maximum Gasteiger partial charge on any atom is 0.219 e. The molecule has 0 unspecified atom stereocenters. The van der Waals surface area contributed by atoms with Crippen LogP contribution in [0.4, 0.5) is 5.82 Å². The van der Waals surface area contributed by atoms with Gasteiger partial charge in [-0.15, -0.1) is 0 Å². The van der Waals surface area contributed by atoms with Gasteiger partial charge in [0.1, 0.15) is 5.75 Å². The molecule has 1 aromatic carbocycles. The third kappa shape index (κ3) is 4.93. The number of aliphatic imine (C=N–C) groups is 2. The Hall–Kier alpha value is -3.44. The van der Waals surface area contributed by atoms with Crippen molar-refractivity contribution < 1.29 is 4.74 Å². The van der Waals surface area contributed by atoms with Crippen molar-refractivity contribution in [1.29, 1.82) is 5.26 Å². The minimum atomic E-state index is 0.410. The SMILES string of the molecule is C=NC(=N/C=C(\C)CCN)c1ccc(C#N)cc1Oc1cc(N2CCCC2)nn1C. The molecule has 8 heteroatoms. The molecule has 0 aliphatic carbocycles. The highest BCUT2D eigenvalue weighted by Gasteiger charge is 2.19. The Balaban J connectivity index is 1.96. The van der Waals surface area contributed by atoms with Gasteiger partial charge in [0, 0.05) is 32.4 Å². The van der Waals surface area contributed by atoms with Crippen molar-refractivity contribution in [2.75, 3.05) is 24.5 Å². The van der Waals surface area contributed by atoms with Gasteiger partial charge >= 0.3 is 0 Å². The van der Waals surface area contributed by atoms with Crippen LogP contribution in [-0.2, 0) is 7.05 Å². The van der Waals surface area contributed by atoms with Crippen LogP contribution in [0.3, 0.4) is 0 Å². The summed E-state index contributed by atoms with van der Waals surface area (Å²) < 4.78 is 7.87. The van der Waals surface area contributed by atoms with E-state index >= 15 is 0 Å². The van der Waals surface area contributed by atoms with Crippen LogP contribution >= 0.6 is 0 Å². The zero-order valence-electron chi connectivity index (χ0n) is 17.5. The number of nitrogens with two attached hydrogens (primary N) is 1. The van der Waals surface area contributed by atoms with Gasteiger partial charge in [-0.05, 0) is 57.6 Å². The lowest BCUT2D eigenvalue weighted by Crippen LogP contribution is -2.18. The van der Waals surface area contributed by atoms with Crippen LogP contribution < -0.4 is 15.4 Å².